The molecule has 5 aliphatic rings. The number of nitriles is 2. The van der Waals surface area contributed by atoms with Gasteiger partial charge in [0.25, 0.3) is 0 Å². The zero-order chi connectivity index (χ0) is 16.3. The second-order valence-corrected chi connectivity index (χ2v) is 7.86. The molecule has 0 radical (unpaired) electrons. The van der Waals surface area contributed by atoms with Crippen molar-refractivity contribution in [2.75, 3.05) is 0 Å². The summed E-state index contributed by atoms with van der Waals surface area (Å²) in [6.07, 6.45) is 9.19. The van der Waals surface area contributed by atoms with Gasteiger partial charge in [-0.25, -0.2) is 0 Å². The van der Waals surface area contributed by atoms with Gasteiger partial charge in [0, 0.05) is 17.4 Å². The Kier molecular flexibility index (Phi) is 2.84. The molecule has 24 heavy (non-hydrogen) atoms. The van der Waals surface area contributed by atoms with E-state index in [0.29, 0.717) is 11.8 Å². The normalized spacial score (nSPS) is 35.9. The molecule has 118 valence electrons. The van der Waals surface area contributed by atoms with Crippen molar-refractivity contribution < 1.29 is 0 Å². The number of benzene rings is 1. The van der Waals surface area contributed by atoms with Crippen LogP contribution in [0.5, 0.6) is 0 Å². The SMILES string of the molecule is N#CC1=C(C#N)[C@H]2[C@H]3C4=C[C@@H]1[C@@]32CCCc1ccc(cc1)CCC4. The van der Waals surface area contributed by atoms with E-state index < -0.39 is 0 Å². The quantitative estimate of drug-likeness (QED) is 0.663. The maximum absolute atomic E-state index is 9.60. The van der Waals surface area contributed by atoms with Crippen molar-refractivity contribution >= 4 is 0 Å². The fourth-order valence-electron chi connectivity index (χ4n) is 5.93. The molecule has 2 heteroatoms. The van der Waals surface area contributed by atoms with Gasteiger partial charge in [0.05, 0.1) is 17.7 Å². The van der Waals surface area contributed by atoms with Gasteiger partial charge >= 0.3 is 0 Å². The van der Waals surface area contributed by atoms with Crippen molar-refractivity contribution in [3.05, 3.63) is 58.2 Å². The van der Waals surface area contributed by atoms with Crippen LogP contribution in [0.15, 0.2) is 47.1 Å². The molecule has 4 atom stereocenters. The standard InChI is InChI=1S/C22H20N2/c23-12-17-18(13-24)21-20-16-5-1-3-14-6-8-15(9-7-14)4-2-10-22(20,21)19(17)11-16/h6-9,11,19-21H,1-5,10H2/t19-,20+,21-,22-/m0/s1. The molecule has 0 aromatic heterocycles. The molecule has 0 aliphatic heterocycles. The molecular weight excluding hydrogens is 292 g/mol. The molecule has 0 N–H and O–H groups in total. The first-order chi connectivity index (χ1) is 11.8. The Bertz CT molecular complexity index is 859. The smallest absolute Gasteiger partial charge is 0.0964 e. The highest BCUT2D eigenvalue weighted by molar-refractivity contribution is 5.61. The minimum absolute atomic E-state index is 0.193. The van der Waals surface area contributed by atoms with E-state index >= 15 is 0 Å². The largest absolute Gasteiger partial charge is 0.193 e. The third-order valence-electron chi connectivity index (χ3n) is 6.92. The van der Waals surface area contributed by atoms with E-state index in [-0.39, 0.29) is 11.3 Å². The highest BCUT2D eigenvalue weighted by atomic mass is 14.8. The Morgan fingerprint density at radius 3 is 2.17 bits per heavy atom. The minimum Gasteiger partial charge on any atom is -0.193 e. The summed E-state index contributed by atoms with van der Waals surface area (Å²) in [5.74, 6) is 1.14. The molecule has 1 spiro atoms. The highest BCUT2D eigenvalue weighted by Gasteiger charge is 2.76. The first kappa shape index (κ1) is 14.1. The lowest BCUT2D eigenvalue weighted by molar-refractivity contribution is 0.370. The second-order valence-electron chi connectivity index (χ2n) is 7.86. The van der Waals surface area contributed by atoms with E-state index in [1.54, 1.807) is 0 Å². The number of fused-ring (bicyclic) bond motifs is 6. The van der Waals surface area contributed by atoms with Crippen LogP contribution in [0.2, 0.25) is 0 Å². The van der Waals surface area contributed by atoms with E-state index in [1.165, 1.54) is 23.1 Å². The molecular formula is C22H20N2. The molecule has 1 saturated carbocycles. The van der Waals surface area contributed by atoms with E-state index in [2.05, 4.69) is 42.5 Å². The number of nitrogens with zero attached hydrogens (tertiary/aromatic N) is 2. The van der Waals surface area contributed by atoms with Gasteiger partial charge in [-0.2, -0.15) is 10.5 Å². The van der Waals surface area contributed by atoms with Crippen LogP contribution in [-0.2, 0) is 12.8 Å². The van der Waals surface area contributed by atoms with Crippen molar-refractivity contribution in [1.29, 1.82) is 10.5 Å². The Morgan fingerprint density at radius 1 is 0.833 bits per heavy atom. The maximum atomic E-state index is 9.60. The third kappa shape index (κ3) is 1.64. The van der Waals surface area contributed by atoms with Gasteiger partial charge in [0.2, 0.25) is 0 Å². The predicted molar refractivity (Wildman–Crippen MR) is 91.6 cm³/mol. The molecule has 1 aromatic rings. The zero-order valence-corrected chi connectivity index (χ0v) is 13.8. The average molecular weight is 312 g/mol. The highest BCUT2D eigenvalue weighted by Crippen LogP contribution is 2.80. The van der Waals surface area contributed by atoms with Crippen LogP contribution in [0, 0.1) is 45.8 Å². The van der Waals surface area contributed by atoms with Crippen LogP contribution >= 0.6 is 0 Å². The fraction of sp³-hybridized carbons (Fsp3) is 0.455. The van der Waals surface area contributed by atoms with Crippen molar-refractivity contribution in [1.82, 2.24) is 0 Å². The van der Waals surface area contributed by atoms with Crippen LogP contribution in [0.1, 0.15) is 36.8 Å². The van der Waals surface area contributed by atoms with Gasteiger partial charge in [0.15, 0.2) is 0 Å². The minimum atomic E-state index is 0.193. The fourth-order valence-corrected chi connectivity index (χ4v) is 5.93. The summed E-state index contributed by atoms with van der Waals surface area (Å²) in [7, 11) is 0. The summed E-state index contributed by atoms with van der Waals surface area (Å²) < 4.78 is 0. The Labute approximate surface area is 143 Å². The lowest BCUT2D eigenvalue weighted by Gasteiger charge is -2.19. The Morgan fingerprint density at radius 2 is 1.50 bits per heavy atom. The summed E-state index contributed by atoms with van der Waals surface area (Å²) in [6, 6.07) is 13.9. The van der Waals surface area contributed by atoms with Crippen LogP contribution in [0.3, 0.4) is 0 Å². The van der Waals surface area contributed by atoms with Crippen molar-refractivity contribution in [2.45, 2.75) is 38.5 Å². The van der Waals surface area contributed by atoms with Gasteiger partial charge in [-0.15, -0.1) is 0 Å². The summed E-state index contributed by atoms with van der Waals surface area (Å²) in [6.45, 7) is 0. The topological polar surface area (TPSA) is 47.6 Å². The van der Waals surface area contributed by atoms with Crippen molar-refractivity contribution in [3.8, 4) is 12.1 Å². The molecule has 2 nitrogen and oxygen atoms in total. The Hall–Kier alpha value is -2.32. The number of hydrogen-bond donors (Lipinski definition) is 0. The number of rotatable bonds is 0. The summed E-state index contributed by atoms with van der Waals surface area (Å²) in [5.41, 5.74) is 6.17. The van der Waals surface area contributed by atoms with Gasteiger partial charge in [-0.05, 0) is 61.0 Å². The monoisotopic (exact) mass is 312 g/mol. The van der Waals surface area contributed by atoms with Crippen LogP contribution in [0.25, 0.3) is 0 Å². The average Bonchev–Trinajstić information content (AvgIpc) is 3.09. The molecule has 0 unspecified atom stereocenters. The van der Waals surface area contributed by atoms with E-state index in [0.717, 1.165) is 43.3 Å². The number of allylic oxidation sites excluding steroid dienone is 4. The van der Waals surface area contributed by atoms with E-state index in [4.69, 9.17) is 0 Å². The summed E-state index contributed by atoms with van der Waals surface area (Å²) in [5, 5.41) is 19.2. The third-order valence-corrected chi connectivity index (χ3v) is 6.92. The molecule has 1 fully saturated rings. The summed E-state index contributed by atoms with van der Waals surface area (Å²) >= 11 is 0. The predicted octanol–water partition coefficient (Wildman–Crippen LogP) is 4.49. The zero-order valence-electron chi connectivity index (χ0n) is 13.8. The first-order valence-corrected chi connectivity index (χ1v) is 9.12. The van der Waals surface area contributed by atoms with Crippen molar-refractivity contribution in [3.63, 3.8) is 0 Å². The van der Waals surface area contributed by atoms with E-state index in [1.807, 2.05) is 0 Å². The second kappa shape index (κ2) is 4.84. The van der Waals surface area contributed by atoms with Gasteiger partial charge in [0.1, 0.15) is 0 Å². The lowest BCUT2D eigenvalue weighted by atomic mass is 9.83. The molecule has 0 saturated heterocycles. The summed E-state index contributed by atoms with van der Waals surface area (Å²) in [4.78, 5) is 0. The molecule has 4 bridgehead atoms. The maximum Gasteiger partial charge on any atom is 0.0964 e. The molecule has 6 rings (SSSR count). The van der Waals surface area contributed by atoms with Crippen LogP contribution in [-0.4, -0.2) is 0 Å². The van der Waals surface area contributed by atoms with Crippen LogP contribution < -0.4 is 0 Å². The van der Waals surface area contributed by atoms with Crippen LogP contribution in [0.4, 0.5) is 0 Å². The van der Waals surface area contributed by atoms with Gasteiger partial charge in [-0.3, -0.25) is 0 Å². The number of hydrogen-bond acceptors (Lipinski definition) is 2. The Balaban J connectivity index is 1.51. The lowest BCUT2D eigenvalue weighted by Crippen LogP contribution is -2.13. The first-order valence-electron chi connectivity index (χ1n) is 9.12. The van der Waals surface area contributed by atoms with Gasteiger partial charge in [-0.1, -0.05) is 35.9 Å². The molecule has 5 aliphatic carbocycles. The molecule has 0 heterocycles. The number of aryl methyl sites for hydroxylation is 2. The van der Waals surface area contributed by atoms with E-state index in [9.17, 15) is 10.5 Å². The molecule has 0 amide bonds. The molecule has 1 aromatic carbocycles. The van der Waals surface area contributed by atoms with Gasteiger partial charge < -0.3 is 0 Å². The van der Waals surface area contributed by atoms with Crippen molar-refractivity contribution in [2.24, 2.45) is 23.2 Å².